The summed E-state index contributed by atoms with van der Waals surface area (Å²) in [7, 11) is 0. The molecule has 1 fully saturated rings. The Balaban J connectivity index is 1.81. The van der Waals surface area contributed by atoms with Gasteiger partial charge in [0.15, 0.2) is 0 Å². The van der Waals surface area contributed by atoms with Crippen LogP contribution in [-0.4, -0.2) is 5.11 Å². The second-order valence-corrected chi connectivity index (χ2v) is 6.39. The predicted molar refractivity (Wildman–Crippen MR) is 87.9 cm³/mol. The van der Waals surface area contributed by atoms with E-state index in [2.05, 4.69) is 37.3 Å². The van der Waals surface area contributed by atoms with Gasteiger partial charge in [-0.2, -0.15) is 0 Å². The smallest absolute Gasteiger partial charge is 0.119 e. The highest BCUT2D eigenvalue weighted by Gasteiger charge is 2.15. The maximum Gasteiger partial charge on any atom is 0.119 e. The van der Waals surface area contributed by atoms with Crippen molar-refractivity contribution in [1.29, 1.82) is 0 Å². The number of rotatable bonds is 3. The van der Waals surface area contributed by atoms with Crippen LogP contribution in [0.25, 0.3) is 0 Å². The monoisotopic (exact) mass is 280 g/mol. The largest absolute Gasteiger partial charge is 0.508 e. The van der Waals surface area contributed by atoms with Gasteiger partial charge in [0.1, 0.15) is 5.75 Å². The molecule has 21 heavy (non-hydrogen) atoms. The summed E-state index contributed by atoms with van der Waals surface area (Å²) >= 11 is 0. The predicted octanol–water partition coefficient (Wildman–Crippen LogP) is 5.34. The average Bonchev–Trinajstić information content (AvgIpc) is 2.52. The molecule has 0 spiro atoms. The van der Waals surface area contributed by atoms with Crippen molar-refractivity contribution in [3.05, 3.63) is 64.7 Å². The quantitative estimate of drug-likeness (QED) is 0.804. The van der Waals surface area contributed by atoms with E-state index in [1.165, 1.54) is 48.8 Å². The topological polar surface area (TPSA) is 20.2 Å². The minimum Gasteiger partial charge on any atom is -0.508 e. The van der Waals surface area contributed by atoms with Gasteiger partial charge >= 0.3 is 0 Å². The second-order valence-electron chi connectivity index (χ2n) is 6.39. The Morgan fingerprint density at radius 2 is 1.81 bits per heavy atom. The zero-order valence-electron chi connectivity index (χ0n) is 12.8. The van der Waals surface area contributed by atoms with Gasteiger partial charge in [0.25, 0.3) is 0 Å². The molecule has 2 aromatic rings. The Morgan fingerprint density at radius 3 is 2.62 bits per heavy atom. The van der Waals surface area contributed by atoms with Crippen LogP contribution in [0.4, 0.5) is 0 Å². The van der Waals surface area contributed by atoms with Crippen LogP contribution in [0.5, 0.6) is 5.75 Å². The van der Waals surface area contributed by atoms with Crippen LogP contribution in [0, 0.1) is 6.92 Å². The fourth-order valence-electron chi connectivity index (χ4n) is 3.47. The summed E-state index contributed by atoms with van der Waals surface area (Å²) in [5.41, 5.74) is 5.01. The molecule has 0 bridgehead atoms. The van der Waals surface area contributed by atoms with Crippen molar-refractivity contribution in [2.45, 2.75) is 51.4 Å². The molecule has 1 N–H and O–H groups in total. The van der Waals surface area contributed by atoms with E-state index in [0.717, 1.165) is 17.9 Å². The van der Waals surface area contributed by atoms with Crippen molar-refractivity contribution < 1.29 is 5.11 Å². The second kappa shape index (κ2) is 6.34. The van der Waals surface area contributed by atoms with Crippen molar-refractivity contribution in [2.75, 3.05) is 0 Å². The molecule has 0 aliphatic heterocycles. The lowest BCUT2D eigenvalue weighted by Crippen LogP contribution is -2.05. The molecule has 1 aliphatic carbocycles. The number of aryl methyl sites for hydroxylation is 1. The van der Waals surface area contributed by atoms with E-state index in [4.69, 9.17) is 0 Å². The van der Waals surface area contributed by atoms with E-state index in [9.17, 15) is 5.11 Å². The highest BCUT2D eigenvalue weighted by atomic mass is 16.3. The van der Waals surface area contributed by atoms with Gasteiger partial charge in [0.2, 0.25) is 0 Å². The Hall–Kier alpha value is -1.76. The summed E-state index contributed by atoms with van der Waals surface area (Å²) in [6.07, 6.45) is 7.61. The van der Waals surface area contributed by atoms with Gasteiger partial charge in [-0.25, -0.2) is 0 Å². The van der Waals surface area contributed by atoms with Crippen molar-refractivity contribution in [2.24, 2.45) is 0 Å². The lowest BCUT2D eigenvalue weighted by atomic mass is 9.83. The lowest BCUT2D eigenvalue weighted by molar-refractivity contribution is 0.443. The van der Waals surface area contributed by atoms with E-state index in [1.54, 1.807) is 6.07 Å². The minimum atomic E-state index is 0.406. The normalized spacial score (nSPS) is 16.0. The van der Waals surface area contributed by atoms with Crippen LogP contribution >= 0.6 is 0 Å². The molecule has 2 aromatic carbocycles. The maximum atomic E-state index is 10.0. The first kappa shape index (κ1) is 14.2. The Kier molecular flexibility index (Phi) is 4.28. The maximum absolute atomic E-state index is 10.0. The van der Waals surface area contributed by atoms with Gasteiger partial charge in [0, 0.05) is 6.42 Å². The molecule has 0 amide bonds. The van der Waals surface area contributed by atoms with Gasteiger partial charge < -0.3 is 5.11 Å². The lowest BCUT2D eigenvalue weighted by Gasteiger charge is -2.22. The minimum absolute atomic E-state index is 0.406. The van der Waals surface area contributed by atoms with Crippen molar-refractivity contribution >= 4 is 0 Å². The Morgan fingerprint density at radius 1 is 1.00 bits per heavy atom. The summed E-state index contributed by atoms with van der Waals surface area (Å²) in [6, 6.07) is 14.8. The van der Waals surface area contributed by atoms with Crippen LogP contribution in [0.1, 0.15) is 60.3 Å². The molecular formula is C20H24O. The highest BCUT2D eigenvalue weighted by Crippen LogP contribution is 2.33. The summed E-state index contributed by atoms with van der Waals surface area (Å²) < 4.78 is 0. The average molecular weight is 280 g/mol. The fraction of sp³-hybridized carbons (Fsp3) is 0.400. The molecule has 110 valence electrons. The van der Waals surface area contributed by atoms with Crippen LogP contribution in [0.15, 0.2) is 42.5 Å². The van der Waals surface area contributed by atoms with Gasteiger partial charge in [-0.1, -0.05) is 61.2 Å². The highest BCUT2D eigenvalue weighted by molar-refractivity contribution is 5.40. The van der Waals surface area contributed by atoms with Crippen molar-refractivity contribution in [1.82, 2.24) is 0 Å². The molecule has 0 aromatic heterocycles. The number of hydrogen-bond donors (Lipinski definition) is 1. The number of phenols is 1. The zero-order chi connectivity index (χ0) is 14.7. The molecular weight excluding hydrogens is 256 g/mol. The molecule has 3 rings (SSSR count). The Labute approximate surface area is 127 Å². The molecule has 1 nitrogen and oxygen atoms in total. The van der Waals surface area contributed by atoms with E-state index >= 15 is 0 Å². The number of benzene rings is 2. The summed E-state index contributed by atoms with van der Waals surface area (Å²) in [6.45, 7) is 2.07. The summed E-state index contributed by atoms with van der Waals surface area (Å²) in [4.78, 5) is 0. The molecule has 1 heteroatoms. The third-order valence-electron chi connectivity index (χ3n) is 4.66. The van der Waals surface area contributed by atoms with Gasteiger partial charge in [-0.05, 0) is 48.4 Å². The van der Waals surface area contributed by atoms with Crippen LogP contribution in [-0.2, 0) is 6.42 Å². The molecule has 0 unspecified atom stereocenters. The molecule has 0 radical (unpaired) electrons. The third kappa shape index (κ3) is 3.47. The number of phenolic OH excluding ortho intramolecular Hbond substituents is 1. The summed E-state index contributed by atoms with van der Waals surface area (Å²) in [5.74, 6) is 1.15. The molecule has 1 saturated carbocycles. The summed E-state index contributed by atoms with van der Waals surface area (Å²) in [5, 5.41) is 10.0. The molecule has 0 saturated heterocycles. The van der Waals surface area contributed by atoms with Crippen LogP contribution in [0.2, 0.25) is 0 Å². The molecule has 0 heterocycles. The first-order chi connectivity index (χ1) is 10.2. The molecule has 0 atom stereocenters. The fourth-order valence-corrected chi connectivity index (χ4v) is 3.47. The standard InChI is InChI=1S/C20H24O/c1-15-10-11-20(21)19(12-15)14-16-6-5-9-18(13-16)17-7-3-2-4-8-17/h5-6,9-13,17,21H,2-4,7-8,14H2,1H3. The third-order valence-corrected chi connectivity index (χ3v) is 4.66. The van der Waals surface area contributed by atoms with Gasteiger partial charge in [-0.3, -0.25) is 0 Å². The van der Waals surface area contributed by atoms with E-state index in [1.807, 2.05) is 6.07 Å². The van der Waals surface area contributed by atoms with Gasteiger partial charge in [-0.15, -0.1) is 0 Å². The van der Waals surface area contributed by atoms with Crippen molar-refractivity contribution in [3.63, 3.8) is 0 Å². The van der Waals surface area contributed by atoms with Crippen LogP contribution < -0.4 is 0 Å². The van der Waals surface area contributed by atoms with Gasteiger partial charge in [0.05, 0.1) is 0 Å². The van der Waals surface area contributed by atoms with E-state index in [-0.39, 0.29) is 0 Å². The Bertz CT molecular complexity index is 609. The van der Waals surface area contributed by atoms with Crippen molar-refractivity contribution in [3.8, 4) is 5.75 Å². The number of aromatic hydroxyl groups is 1. The van der Waals surface area contributed by atoms with E-state index in [0.29, 0.717) is 5.75 Å². The SMILES string of the molecule is Cc1ccc(O)c(Cc2cccc(C3CCCCC3)c2)c1. The van der Waals surface area contributed by atoms with Crippen LogP contribution in [0.3, 0.4) is 0 Å². The molecule has 1 aliphatic rings. The number of hydrogen-bond acceptors (Lipinski definition) is 1. The van der Waals surface area contributed by atoms with E-state index < -0.39 is 0 Å². The first-order valence-corrected chi connectivity index (χ1v) is 8.10. The first-order valence-electron chi connectivity index (χ1n) is 8.10. The zero-order valence-corrected chi connectivity index (χ0v) is 12.8.